The Morgan fingerprint density at radius 3 is 1.62 bits per heavy atom. The molecule has 0 atom stereocenters. The van der Waals surface area contributed by atoms with E-state index >= 15 is 0 Å². The van der Waals surface area contributed by atoms with Gasteiger partial charge in [0, 0.05) is 6.54 Å². The first-order valence-electron chi connectivity index (χ1n) is 4.54. The van der Waals surface area contributed by atoms with E-state index in [0.717, 1.165) is 13.0 Å². The first-order valence-corrected chi connectivity index (χ1v) is 6.11. The molecule has 0 rings (SSSR count). The van der Waals surface area contributed by atoms with Crippen LogP contribution in [0.3, 0.4) is 0 Å². The molecule has 0 bridgehead atoms. The minimum Gasteiger partial charge on any atom is -0.270 e. The highest BCUT2D eigenvalue weighted by Gasteiger charge is 2.32. The predicted octanol–water partition coefficient (Wildman–Crippen LogP) is 1.56. The van der Waals surface area contributed by atoms with Gasteiger partial charge in [-0.05, 0) is 41.7 Å². The Balaban J connectivity index is 4.69. The van der Waals surface area contributed by atoms with Crippen LogP contribution in [0.15, 0.2) is 0 Å². The van der Waals surface area contributed by atoms with Crippen molar-refractivity contribution >= 4 is 7.59 Å². The SMILES string of the molecule is CCCN(C)P(=O)(N(C)C)N(C)C. The molecule has 0 spiro atoms. The monoisotopic (exact) mass is 207 g/mol. The molecular weight excluding hydrogens is 185 g/mol. The summed E-state index contributed by atoms with van der Waals surface area (Å²) in [6, 6.07) is 0. The number of hydrogen-bond acceptors (Lipinski definition) is 1. The predicted molar refractivity (Wildman–Crippen MR) is 57.9 cm³/mol. The molecule has 13 heavy (non-hydrogen) atoms. The molecule has 0 radical (unpaired) electrons. The van der Waals surface area contributed by atoms with Gasteiger partial charge >= 0.3 is 0 Å². The van der Waals surface area contributed by atoms with E-state index in [4.69, 9.17) is 0 Å². The second kappa shape index (κ2) is 5.11. The third kappa shape index (κ3) is 2.78. The summed E-state index contributed by atoms with van der Waals surface area (Å²) in [5.41, 5.74) is 0. The summed E-state index contributed by atoms with van der Waals surface area (Å²) in [7, 11) is 6.85. The summed E-state index contributed by atoms with van der Waals surface area (Å²) in [4.78, 5) is 0. The largest absolute Gasteiger partial charge is 0.285 e. The Labute approximate surface area is 82.0 Å². The van der Waals surface area contributed by atoms with Crippen LogP contribution in [0, 0.1) is 0 Å². The van der Waals surface area contributed by atoms with E-state index in [2.05, 4.69) is 6.92 Å². The topological polar surface area (TPSA) is 26.8 Å². The van der Waals surface area contributed by atoms with Crippen LogP contribution in [0.1, 0.15) is 13.3 Å². The van der Waals surface area contributed by atoms with Crippen molar-refractivity contribution in [1.82, 2.24) is 14.0 Å². The van der Waals surface area contributed by atoms with Gasteiger partial charge in [-0.25, -0.2) is 14.0 Å². The molecule has 5 heteroatoms. The van der Waals surface area contributed by atoms with Crippen LogP contribution in [0.4, 0.5) is 0 Å². The van der Waals surface area contributed by atoms with Gasteiger partial charge in [0.1, 0.15) is 0 Å². The van der Waals surface area contributed by atoms with E-state index < -0.39 is 7.59 Å². The first-order chi connectivity index (χ1) is 5.87. The lowest BCUT2D eigenvalue weighted by molar-refractivity contribution is 0.358. The molecule has 0 aliphatic carbocycles. The van der Waals surface area contributed by atoms with Crippen LogP contribution in [0.5, 0.6) is 0 Å². The average molecular weight is 207 g/mol. The molecule has 0 N–H and O–H groups in total. The van der Waals surface area contributed by atoms with Gasteiger partial charge in [0.15, 0.2) is 0 Å². The molecule has 0 saturated heterocycles. The van der Waals surface area contributed by atoms with Crippen molar-refractivity contribution in [3.8, 4) is 0 Å². The fourth-order valence-corrected chi connectivity index (χ4v) is 3.82. The summed E-state index contributed by atoms with van der Waals surface area (Å²) in [5.74, 6) is 0. The minimum atomic E-state index is -2.47. The van der Waals surface area contributed by atoms with E-state index in [9.17, 15) is 4.57 Å². The maximum absolute atomic E-state index is 12.5. The lowest BCUT2D eigenvalue weighted by Crippen LogP contribution is -2.32. The third-order valence-electron chi connectivity index (χ3n) is 2.03. The fourth-order valence-electron chi connectivity index (χ4n) is 1.42. The molecule has 0 aliphatic heterocycles. The van der Waals surface area contributed by atoms with Gasteiger partial charge in [0.2, 0.25) is 0 Å². The summed E-state index contributed by atoms with van der Waals surface area (Å²) in [5, 5.41) is 0. The van der Waals surface area contributed by atoms with Gasteiger partial charge < -0.3 is 0 Å². The van der Waals surface area contributed by atoms with Crippen molar-refractivity contribution in [2.24, 2.45) is 0 Å². The molecule has 0 unspecified atom stereocenters. The van der Waals surface area contributed by atoms with Crippen molar-refractivity contribution in [2.75, 3.05) is 41.8 Å². The van der Waals surface area contributed by atoms with Crippen molar-refractivity contribution in [1.29, 1.82) is 0 Å². The molecular formula is C8H22N3OP. The van der Waals surface area contributed by atoms with E-state index in [1.807, 2.05) is 39.9 Å². The molecule has 0 saturated carbocycles. The van der Waals surface area contributed by atoms with Crippen LogP contribution < -0.4 is 0 Å². The lowest BCUT2D eigenvalue weighted by atomic mass is 10.5. The summed E-state index contributed by atoms with van der Waals surface area (Å²) < 4.78 is 18.0. The van der Waals surface area contributed by atoms with Gasteiger partial charge in [-0.3, -0.25) is 4.57 Å². The summed E-state index contributed by atoms with van der Waals surface area (Å²) in [6.45, 7) is 2.94. The second-order valence-corrected chi connectivity index (χ2v) is 6.90. The highest BCUT2D eigenvalue weighted by atomic mass is 31.2. The molecule has 0 aromatic carbocycles. The third-order valence-corrected chi connectivity index (χ3v) is 5.21. The van der Waals surface area contributed by atoms with Gasteiger partial charge in [0.05, 0.1) is 0 Å². The Morgan fingerprint density at radius 2 is 1.38 bits per heavy atom. The van der Waals surface area contributed by atoms with Crippen LogP contribution in [0.25, 0.3) is 0 Å². The van der Waals surface area contributed by atoms with Crippen LogP contribution in [0.2, 0.25) is 0 Å². The second-order valence-electron chi connectivity index (χ2n) is 3.59. The smallest absolute Gasteiger partial charge is 0.270 e. The zero-order valence-corrected chi connectivity index (χ0v) is 10.5. The van der Waals surface area contributed by atoms with E-state index in [-0.39, 0.29) is 0 Å². The number of hydrogen-bond donors (Lipinski definition) is 0. The van der Waals surface area contributed by atoms with Gasteiger partial charge in [-0.1, -0.05) is 6.92 Å². The molecule has 0 amide bonds. The maximum Gasteiger partial charge on any atom is 0.285 e. The minimum absolute atomic E-state index is 0.855. The quantitative estimate of drug-likeness (QED) is 0.639. The molecule has 80 valence electrons. The molecule has 0 aliphatic rings. The Kier molecular flexibility index (Phi) is 5.15. The maximum atomic E-state index is 12.5. The normalized spacial score (nSPS) is 13.3. The van der Waals surface area contributed by atoms with Crippen molar-refractivity contribution in [3.63, 3.8) is 0 Å². The van der Waals surface area contributed by atoms with Gasteiger partial charge in [0.25, 0.3) is 7.59 Å². The van der Waals surface area contributed by atoms with E-state index in [1.54, 1.807) is 9.34 Å². The first kappa shape index (κ1) is 13.1. The molecule has 0 fully saturated rings. The summed E-state index contributed by atoms with van der Waals surface area (Å²) in [6.07, 6.45) is 1.02. The van der Waals surface area contributed by atoms with E-state index in [1.165, 1.54) is 0 Å². The highest BCUT2D eigenvalue weighted by molar-refractivity contribution is 7.56. The van der Waals surface area contributed by atoms with Crippen LogP contribution in [-0.2, 0) is 4.57 Å². The van der Waals surface area contributed by atoms with Crippen LogP contribution >= 0.6 is 7.59 Å². The zero-order chi connectivity index (χ0) is 10.6. The van der Waals surface area contributed by atoms with Crippen molar-refractivity contribution in [2.45, 2.75) is 13.3 Å². The van der Waals surface area contributed by atoms with Crippen LogP contribution in [-0.4, -0.2) is 55.8 Å². The standard InChI is InChI=1S/C8H22N3OP/c1-7-8-11(6)13(12,9(2)3)10(4)5/h7-8H2,1-6H3. The molecule has 0 aromatic rings. The number of rotatable bonds is 5. The average Bonchev–Trinajstić information content (AvgIpc) is 2.02. The Hall–Kier alpha value is 0.110. The lowest BCUT2D eigenvalue weighted by Gasteiger charge is -2.36. The van der Waals surface area contributed by atoms with Gasteiger partial charge in [-0.15, -0.1) is 0 Å². The zero-order valence-electron chi connectivity index (χ0n) is 9.61. The Morgan fingerprint density at radius 1 is 1.00 bits per heavy atom. The molecule has 0 aromatic heterocycles. The Bertz CT molecular complexity index is 182. The van der Waals surface area contributed by atoms with Crippen molar-refractivity contribution in [3.05, 3.63) is 0 Å². The van der Waals surface area contributed by atoms with Crippen molar-refractivity contribution < 1.29 is 4.57 Å². The van der Waals surface area contributed by atoms with E-state index in [0.29, 0.717) is 0 Å². The number of nitrogens with zero attached hydrogens (tertiary/aromatic N) is 3. The summed E-state index contributed by atoms with van der Waals surface area (Å²) >= 11 is 0. The molecule has 4 nitrogen and oxygen atoms in total. The molecule has 0 heterocycles. The fraction of sp³-hybridized carbons (Fsp3) is 1.00. The van der Waals surface area contributed by atoms with Gasteiger partial charge in [-0.2, -0.15) is 0 Å². The highest BCUT2D eigenvalue weighted by Crippen LogP contribution is 2.51.